The minimum absolute atomic E-state index is 0.0629. The van der Waals surface area contributed by atoms with Crippen LogP contribution in [0.3, 0.4) is 0 Å². The summed E-state index contributed by atoms with van der Waals surface area (Å²) in [7, 11) is -0.257. The van der Waals surface area contributed by atoms with Crippen molar-refractivity contribution in [1.29, 1.82) is 0 Å². The molecule has 1 atom stereocenters. The van der Waals surface area contributed by atoms with E-state index in [4.69, 9.17) is 19.2 Å². The van der Waals surface area contributed by atoms with E-state index in [1.165, 1.54) is 7.11 Å². The molecule has 0 aliphatic carbocycles. The zero-order valence-corrected chi connectivity index (χ0v) is 20.9. The molecule has 5 rings (SSSR count). The Morgan fingerprint density at radius 2 is 1.97 bits per heavy atom. The summed E-state index contributed by atoms with van der Waals surface area (Å²) in [5.41, 5.74) is 2.14. The second kappa shape index (κ2) is 9.59. The van der Waals surface area contributed by atoms with E-state index in [9.17, 15) is 8.42 Å². The van der Waals surface area contributed by atoms with Crippen molar-refractivity contribution in [1.82, 2.24) is 24.6 Å². The lowest BCUT2D eigenvalue weighted by Crippen LogP contribution is -2.38. The van der Waals surface area contributed by atoms with Crippen molar-refractivity contribution in [2.75, 3.05) is 44.4 Å². The Morgan fingerprint density at radius 1 is 1.17 bits per heavy atom. The first kappa shape index (κ1) is 23.8. The van der Waals surface area contributed by atoms with E-state index in [0.29, 0.717) is 28.7 Å². The van der Waals surface area contributed by atoms with Crippen molar-refractivity contribution in [3.8, 4) is 22.9 Å². The van der Waals surface area contributed by atoms with Crippen molar-refractivity contribution in [3.05, 3.63) is 24.5 Å². The molecule has 35 heavy (non-hydrogen) atoms. The van der Waals surface area contributed by atoms with Gasteiger partial charge in [0, 0.05) is 57.2 Å². The van der Waals surface area contributed by atoms with Crippen molar-refractivity contribution in [3.63, 3.8) is 0 Å². The molecule has 0 spiro atoms. The van der Waals surface area contributed by atoms with Crippen LogP contribution >= 0.6 is 0 Å². The van der Waals surface area contributed by atoms with E-state index in [0.717, 1.165) is 57.2 Å². The van der Waals surface area contributed by atoms with Gasteiger partial charge in [0.05, 0.1) is 30.6 Å². The molecule has 2 aliphatic heterocycles. The van der Waals surface area contributed by atoms with Gasteiger partial charge in [-0.1, -0.05) is 0 Å². The maximum Gasteiger partial charge on any atom is 0.238 e. The SMILES string of the molecule is COc1ncc(-c2cc(O[C@@H]3CCN(C4CCOCC4)C3)c3cnn(C)c3n2)cc1NS(C)(=O)=O. The number of likely N-dealkylation sites (tertiary alicyclic amines) is 1. The first-order chi connectivity index (χ1) is 16.8. The van der Waals surface area contributed by atoms with Gasteiger partial charge >= 0.3 is 0 Å². The molecule has 2 saturated heterocycles. The molecule has 5 heterocycles. The van der Waals surface area contributed by atoms with Crippen molar-refractivity contribution < 1.29 is 22.6 Å². The molecule has 0 amide bonds. The number of nitrogens with zero attached hydrogens (tertiary/aromatic N) is 5. The van der Waals surface area contributed by atoms with E-state index < -0.39 is 10.0 Å². The number of hydrogen-bond donors (Lipinski definition) is 1. The monoisotopic (exact) mass is 502 g/mol. The number of sulfonamides is 1. The third-order valence-corrected chi connectivity index (χ3v) is 7.07. The number of nitrogens with one attached hydrogen (secondary N) is 1. The van der Waals surface area contributed by atoms with Crippen LogP contribution in [-0.2, 0) is 21.8 Å². The highest BCUT2D eigenvalue weighted by molar-refractivity contribution is 7.92. The van der Waals surface area contributed by atoms with Crippen LogP contribution in [0.4, 0.5) is 5.69 Å². The fourth-order valence-electron chi connectivity index (χ4n) is 4.77. The molecule has 0 radical (unpaired) electrons. The fraction of sp³-hybridized carbons (Fsp3) is 0.522. The summed E-state index contributed by atoms with van der Waals surface area (Å²) in [5, 5.41) is 5.20. The Morgan fingerprint density at radius 3 is 2.71 bits per heavy atom. The highest BCUT2D eigenvalue weighted by Gasteiger charge is 2.31. The van der Waals surface area contributed by atoms with Gasteiger partial charge in [0.25, 0.3) is 0 Å². The van der Waals surface area contributed by atoms with Crippen LogP contribution in [0.15, 0.2) is 24.5 Å². The zero-order valence-electron chi connectivity index (χ0n) is 20.1. The lowest BCUT2D eigenvalue weighted by atomic mass is 10.1. The molecular formula is C23H30N6O5S. The van der Waals surface area contributed by atoms with Gasteiger partial charge in [0.1, 0.15) is 17.5 Å². The fourth-order valence-corrected chi connectivity index (χ4v) is 5.32. The number of methoxy groups -OCH3 is 1. The smallest absolute Gasteiger partial charge is 0.238 e. The standard InChI is InChI=1S/C23H30N6O5S/c1-28-22-18(13-25-28)21(34-17-4-7-29(14-17)16-5-8-33-9-6-16)11-19(26-22)15-10-20(27-35(3,30)31)23(32-2)24-12-15/h10-13,16-17,27H,4-9,14H2,1-3H3/t17-/m1/s1. The van der Waals surface area contributed by atoms with E-state index in [2.05, 4.69) is 19.7 Å². The molecular weight excluding hydrogens is 472 g/mol. The zero-order chi connectivity index (χ0) is 24.6. The van der Waals surface area contributed by atoms with Gasteiger partial charge in [-0.25, -0.2) is 18.4 Å². The van der Waals surface area contributed by atoms with Gasteiger partial charge in [-0.3, -0.25) is 14.3 Å². The molecule has 0 aromatic carbocycles. The number of rotatable bonds is 7. The topological polar surface area (TPSA) is 121 Å². The number of ether oxygens (including phenoxy) is 3. The van der Waals surface area contributed by atoms with Crippen LogP contribution in [0.25, 0.3) is 22.3 Å². The maximum atomic E-state index is 11.8. The summed E-state index contributed by atoms with van der Waals surface area (Å²) < 4.78 is 45.1. The maximum absolute atomic E-state index is 11.8. The molecule has 1 N–H and O–H groups in total. The number of hydrogen-bond acceptors (Lipinski definition) is 9. The molecule has 3 aromatic rings. The molecule has 0 unspecified atom stereocenters. The highest BCUT2D eigenvalue weighted by atomic mass is 32.2. The second-order valence-corrected chi connectivity index (χ2v) is 10.8. The quantitative estimate of drug-likeness (QED) is 0.517. The minimum atomic E-state index is -3.52. The first-order valence-corrected chi connectivity index (χ1v) is 13.5. The Labute approximate surface area is 204 Å². The van der Waals surface area contributed by atoms with Gasteiger partial charge in [-0.2, -0.15) is 5.10 Å². The van der Waals surface area contributed by atoms with Crippen LogP contribution in [0.1, 0.15) is 19.3 Å². The van der Waals surface area contributed by atoms with Gasteiger partial charge in [0.15, 0.2) is 5.65 Å². The van der Waals surface area contributed by atoms with Crippen molar-refractivity contribution in [2.24, 2.45) is 7.05 Å². The van der Waals surface area contributed by atoms with Crippen LogP contribution in [-0.4, -0.2) is 84.9 Å². The van der Waals surface area contributed by atoms with Gasteiger partial charge < -0.3 is 14.2 Å². The van der Waals surface area contributed by atoms with E-state index in [1.807, 2.05) is 13.1 Å². The number of anilines is 1. The van der Waals surface area contributed by atoms with E-state index in [1.54, 1.807) is 23.1 Å². The summed E-state index contributed by atoms with van der Waals surface area (Å²) in [5.74, 6) is 0.877. The lowest BCUT2D eigenvalue weighted by molar-refractivity contribution is 0.0388. The van der Waals surface area contributed by atoms with Crippen LogP contribution < -0.4 is 14.2 Å². The van der Waals surface area contributed by atoms with Gasteiger partial charge in [-0.15, -0.1) is 0 Å². The third kappa shape index (κ3) is 5.19. The minimum Gasteiger partial charge on any atom is -0.488 e. The Bertz CT molecular complexity index is 1320. The summed E-state index contributed by atoms with van der Waals surface area (Å²) >= 11 is 0. The molecule has 11 nitrogen and oxygen atoms in total. The summed E-state index contributed by atoms with van der Waals surface area (Å²) in [6.07, 6.45) is 7.58. The Balaban J connectivity index is 1.45. The molecule has 12 heteroatoms. The predicted octanol–water partition coefficient (Wildman–Crippen LogP) is 2.04. The largest absolute Gasteiger partial charge is 0.488 e. The van der Waals surface area contributed by atoms with Crippen molar-refractivity contribution in [2.45, 2.75) is 31.4 Å². The van der Waals surface area contributed by atoms with Gasteiger partial charge in [-0.05, 0) is 25.3 Å². The van der Waals surface area contributed by atoms with Crippen LogP contribution in [0, 0.1) is 0 Å². The number of aromatic nitrogens is 4. The van der Waals surface area contributed by atoms with Crippen molar-refractivity contribution >= 4 is 26.7 Å². The number of aryl methyl sites for hydroxylation is 1. The number of pyridine rings is 2. The molecule has 2 aliphatic rings. The lowest BCUT2D eigenvalue weighted by Gasteiger charge is -2.30. The Kier molecular flexibility index (Phi) is 6.51. The molecule has 0 saturated carbocycles. The number of fused-ring (bicyclic) bond motifs is 1. The third-order valence-electron chi connectivity index (χ3n) is 6.48. The van der Waals surface area contributed by atoms with E-state index in [-0.39, 0.29) is 17.7 Å². The highest BCUT2D eigenvalue weighted by Crippen LogP contribution is 2.34. The average Bonchev–Trinajstić information content (AvgIpc) is 3.45. The molecule has 188 valence electrons. The van der Waals surface area contributed by atoms with Crippen LogP contribution in [0.2, 0.25) is 0 Å². The molecule has 3 aromatic heterocycles. The molecule has 0 bridgehead atoms. The summed E-state index contributed by atoms with van der Waals surface area (Å²) in [4.78, 5) is 11.5. The second-order valence-electron chi connectivity index (χ2n) is 9.03. The average molecular weight is 503 g/mol. The first-order valence-electron chi connectivity index (χ1n) is 11.6. The predicted molar refractivity (Wildman–Crippen MR) is 131 cm³/mol. The normalized spacial score (nSPS) is 19.8. The summed E-state index contributed by atoms with van der Waals surface area (Å²) in [6.45, 7) is 3.52. The van der Waals surface area contributed by atoms with E-state index >= 15 is 0 Å². The van der Waals surface area contributed by atoms with Gasteiger partial charge in [0.2, 0.25) is 15.9 Å². The van der Waals surface area contributed by atoms with Crippen LogP contribution in [0.5, 0.6) is 11.6 Å². The molecule has 2 fully saturated rings. The summed E-state index contributed by atoms with van der Waals surface area (Å²) in [6, 6.07) is 4.08. The Hall–Kier alpha value is -2.96.